The summed E-state index contributed by atoms with van der Waals surface area (Å²) in [6.45, 7) is 4.62. The number of rotatable bonds is 9. The Hall–Kier alpha value is -2.73. The SMILES string of the molecule is CCOc1cc(C=NNC(=O)CCCOc2ccc(Cl)cc2C)ccc1O. The van der Waals surface area contributed by atoms with Crippen molar-refractivity contribution in [3.05, 3.63) is 52.5 Å². The number of hydrogen-bond donors (Lipinski definition) is 2. The number of ether oxygens (including phenoxy) is 2. The highest BCUT2D eigenvalue weighted by Gasteiger charge is 2.04. The highest BCUT2D eigenvalue weighted by molar-refractivity contribution is 6.30. The van der Waals surface area contributed by atoms with Crippen molar-refractivity contribution < 1.29 is 19.4 Å². The fraction of sp³-hybridized carbons (Fsp3) is 0.300. The lowest BCUT2D eigenvalue weighted by molar-refractivity contribution is -0.121. The minimum atomic E-state index is -0.202. The van der Waals surface area contributed by atoms with Crippen LogP contribution in [0.1, 0.15) is 30.9 Å². The summed E-state index contributed by atoms with van der Waals surface area (Å²) in [5, 5.41) is 14.2. The largest absolute Gasteiger partial charge is 0.504 e. The first kappa shape index (κ1) is 20.6. The maximum Gasteiger partial charge on any atom is 0.240 e. The smallest absolute Gasteiger partial charge is 0.240 e. The topological polar surface area (TPSA) is 80.2 Å². The Morgan fingerprint density at radius 3 is 2.78 bits per heavy atom. The number of nitrogens with zero attached hydrogens (tertiary/aromatic N) is 1. The number of halogens is 1. The van der Waals surface area contributed by atoms with Crippen LogP contribution in [-0.4, -0.2) is 30.4 Å². The van der Waals surface area contributed by atoms with E-state index < -0.39 is 0 Å². The third kappa shape index (κ3) is 6.83. The van der Waals surface area contributed by atoms with Crippen LogP contribution in [0.25, 0.3) is 0 Å². The summed E-state index contributed by atoms with van der Waals surface area (Å²) in [6.07, 6.45) is 2.36. The van der Waals surface area contributed by atoms with E-state index in [4.69, 9.17) is 21.1 Å². The van der Waals surface area contributed by atoms with Gasteiger partial charge in [-0.15, -0.1) is 0 Å². The third-order valence-corrected chi connectivity index (χ3v) is 3.86. The maximum atomic E-state index is 11.8. The molecule has 0 spiro atoms. The highest BCUT2D eigenvalue weighted by atomic mass is 35.5. The number of amides is 1. The van der Waals surface area contributed by atoms with E-state index in [0.717, 1.165) is 11.3 Å². The summed E-state index contributed by atoms with van der Waals surface area (Å²) in [5.74, 6) is 0.998. The zero-order chi connectivity index (χ0) is 19.6. The molecule has 0 aliphatic carbocycles. The second kappa shape index (κ2) is 10.4. The summed E-state index contributed by atoms with van der Waals surface area (Å²) in [6, 6.07) is 10.3. The zero-order valence-electron chi connectivity index (χ0n) is 15.4. The van der Waals surface area contributed by atoms with Gasteiger partial charge in [-0.05, 0) is 67.8 Å². The average Bonchev–Trinajstić information content (AvgIpc) is 2.63. The van der Waals surface area contributed by atoms with Gasteiger partial charge in [-0.2, -0.15) is 5.10 Å². The number of carbonyl (C=O) groups excluding carboxylic acids is 1. The van der Waals surface area contributed by atoms with Crippen LogP contribution in [0.3, 0.4) is 0 Å². The number of phenols is 1. The van der Waals surface area contributed by atoms with Gasteiger partial charge in [0.2, 0.25) is 5.91 Å². The fourth-order valence-corrected chi connectivity index (χ4v) is 2.53. The van der Waals surface area contributed by atoms with Crippen molar-refractivity contribution in [2.45, 2.75) is 26.7 Å². The number of phenolic OH excluding ortho intramolecular Hbond substituents is 1. The quantitative estimate of drug-likeness (QED) is 0.384. The molecule has 27 heavy (non-hydrogen) atoms. The number of hydrogen-bond acceptors (Lipinski definition) is 5. The molecule has 0 saturated carbocycles. The van der Waals surface area contributed by atoms with E-state index in [9.17, 15) is 9.90 Å². The Labute approximate surface area is 163 Å². The number of carbonyl (C=O) groups is 1. The number of nitrogens with one attached hydrogen (secondary N) is 1. The molecule has 0 aromatic heterocycles. The van der Waals surface area contributed by atoms with Crippen LogP contribution < -0.4 is 14.9 Å². The van der Waals surface area contributed by atoms with Crippen LogP contribution >= 0.6 is 11.6 Å². The summed E-state index contributed by atoms with van der Waals surface area (Å²) in [5.41, 5.74) is 4.13. The van der Waals surface area contributed by atoms with E-state index in [1.165, 1.54) is 12.3 Å². The highest BCUT2D eigenvalue weighted by Crippen LogP contribution is 2.26. The van der Waals surface area contributed by atoms with Gasteiger partial charge in [0.25, 0.3) is 0 Å². The molecule has 0 saturated heterocycles. The molecule has 0 fully saturated rings. The lowest BCUT2D eigenvalue weighted by Gasteiger charge is -2.09. The van der Waals surface area contributed by atoms with E-state index in [1.54, 1.807) is 18.2 Å². The van der Waals surface area contributed by atoms with Gasteiger partial charge in [0.05, 0.1) is 19.4 Å². The molecule has 2 aromatic carbocycles. The van der Waals surface area contributed by atoms with Crippen molar-refractivity contribution in [3.8, 4) is 17.2 Å². The Morgan fingerprint density at radius 2 is 2.04 bits per heavy atom. The number of aryl methyl sites for hydroxylation is 1. The first-order valence-corrected chi connectivity index (χ1v) is 9.04. The number of benzene rings is 2. The van der Waals surface area contributed by atoms with E-state index in [1.807, 2.05) is 26.0 Å². The van der Waals surface area contributed by atoms with E-state index in [0.29, 0.717) is 42.4 Å². The number of aromatic hydroxyl groups is 1. The standard InChI is InChI=1S/C20H23ClN2O4/c1-3-26-19-12-15(6-8-17(19)24)13-22-23-20(25)5-4-10-27-18-9-7-16(21)11-14(18)2/h6-9,11-13,24H,3-5,10H2,1-2H3,(H,23,25). The van der Waals surface area contributed by atoms with Crippen molar-refractivity contribution in [2.75, 3.05) is 13.2 Å². The predicted molar refractivity (Wildman–Crippen MR) is 106 cm³/mol. The van der Waals surface area contributed by atoms with Crippen LogP contribution in [-0.2, 0) is 4.79 Å². The lowest BCUT2D eigenvalue weighted by Crippen LogP contribution is -2.18. The Balaban J connectivity index is 1.73. The molecule has 6 nitrogen and oxygen atoms in total. The van der Waals surface area contributed by atoms with E-state index in [2.05, 4.69) is 10.5 Å². The molecule has 0 radical (unpaired) electrons. The zero-order valence-corrected chi connectivity index (χ0v) is 16.1. The molecule has 144 valence electrons. The minimum absolute atomic E-state index is 0.0639. The third-order valence-electron chi connectivity index (χ3n) is 3.63. The van der Waals surface area contributed by atoms with Gasteiger partial charge < -0.3 is 14.6 Å². The molecule has 0 bridgehead atoms. The van der Waals surface area contributed by atoms with Crippen molar-refractivity contribution in [1.29, 1.82) is 0 Å². The second-order valence-corrected chi connectivity index (χ2v) is 6.25. The van der Waals surface area contributed by atoms with Crippen LogP contribution in [0.15, 0.2) is 41.5 Å². The maximum absolute atomic E-state index is 11.8. The van der Waals surface area contributed by atoms with E-state index in [-0.39, 0.29) is 11.7 Å². The molecule has 0 atom stereocenters. The summed E-state index contributed by atoms with van der Waals surface area (Å²) in [4.78, 5) is 11.8. The van der Waals surface area contributed by atoms with Gasteiger partial charge >= 0.3 is 0 Å². The molecule has 0 heterocycles. The van der Waals surface area contributed by atoms with E-state index >= 15 is 0 Å². The Morgan fingerprint density at radius 1 is 1.22 bits per heavy atom. The van der Waals surface area contributed by atoms with Gasteiger partial charge in [-0.25, -0.2) is 5.43 Å². The monoisotopic (exact) mass is 390 g/mol. The lowest BCUT2D eigenvalue weighted by atomic mass is 10.2. The number of hydrazone groups is 1. The Kier molecular flexibility index (Phi) is 7.95. The van der Waals surface area contributed by atoms with Gasteiger partial charge in [-0.3, -0.25) is 4.79 Å². The summed E-state index contributed by atoms with van der Waals surface area (Å²) < 4.78 is 10.9. The first-order valence-electron chi connectivity index (χ1n) is 8.66. The molecule has 7 heteroatoms. The Bertz CT molecular complexity index is 809. The van der Waals surface area contributed by atoms with Gasteiger partial charge in [-0.1, -0.05) is 11.6 Å². The molecule has 0 aliphatic heterocycles. The summed E-state index contributed by atoms with van der Waals surface area (Å²) >= 11 is 5.90. The molecule has 1 amide bonds. The van der Waals surface area contributed by atoms with Crippen LogP contribution in [0, 0.1) is 6.92 Å². The second-order valence-electron chi connectivity index (χ2n) is 5.82. The van der Waals surface area contributed by atoms with Crippen molar-refractivity contribution in [2.24, 2.45) is 5.10 Å². The molecule has 2 aromatic rings. The van der Waals surface area contributed by atoms with Crippen LogP contribution in [0.5, 0.6) is 17.2 Å². The van der Waals surface area contributed by atoms with Gasteiger partial charge in [0.15, 0.2) is 11.5 Å². The average molecular weight is 391 g/mol. The van der Waals surface area contributed by atoms with Crippen molar-refractivity contribution >= 4 is 23.7 Å². The molecule has 2 rings (SSSR count). The molecular formula is C20H23ClN2O4. The minimum Gasteiger partial charge on any atom is -0.504 e. The van der Waals surface area contributed by atoms with Crippen LogP contribution in [0.4, 0.5) is 0 Å². The molecular weight excluding hydrogens is 368 g/mol. The van der Waals surface area contributed by atoms with Gasteiger partial charge in [0, 0.05) is 11.4 Å². The molecule has 0 unspecified atom stereocenters. The first-order chi connectivity index (χ1) is 13.0. The molecule has 2 N–H and O–H groups in total. The van der Waals surface area contributed by atoms with Crippen molar-refractivity contribution in [1.82, 2.24) is 5.43 Å². The summed E-state index contributed by atoms with van der Waals surface area (Å²) in [7, 11) is 0. The normalized spacial score (nSPS) is 10.8. The van der Waals surface area contributed by atoms with Crippen molar-refractivity contribution in [3.63, 3.8) is 0 Å². The van der Waals surface area contributed by atoms with Crippen LogP contribution in [0.2, 0.25) is 5.02 Å². The van der Waals surface area contributed by atoms with Gasteiger partial charge in [0.1, 0.15) is 5.75 Å². The predicted octanol–water partition coefficient (Wildman–Crippen LogP) is 4.06. The fourth-order valence-electron chi connectivity index (χ4n) is 2.31. The molecule has 0 aliphatic rings.